The zero-order chi connectivity index (χ0) is 10.8. The molecule has 1 rings (SSSR count). The molecule has 0 radical (unpaired) electrons. The maximum Gasteiger partial charge on any atom is 0.164 e. The molecule has 1 aliphatic rings. The Morgan fingerprint density at radius 2 is 2.21 bits per heavy atom. The molecular weight excluding hydrogens is 188 g/mol. The fourth-order valence-electron chi connectivity index (χ4n) is 1.49. The highest BCUT2D eigenvalue weighted by Crippen LogP contribution is 2.28. The van der Waals surface area contributed by atoms with Crippen LogP contribution in [0.1, 0.15) is 13.8 Å². The number of rotatable bonds is 4. The number of carbonyl (C=O) groups excluding carboxylic acids is 1. The summed E-state index contributed by atoms with van der Waals surface area (Å²) in [7, 11) is 1.47. The minimum Gasteiger partial charge on any atom is -0.388 e. The second-order valence-electron chi connectivity index (χ2n) is 3.72. The van der Waals surface area contributed by atoms with Crippen LogP contribution >= 0.6 is 0 Å². The Hall–Kier alpha value is -0.490. The topological polar surface area (TPSA) is 65.0 Å². The molecule has 0 amide bonds. The molecule has 0 aromatic carbocycles. The summed E-state index contributed by atoms with van der Waals surface area (Å²) >= 11 is 0. The van der Waals surface area contributed by atoms with E-state index in [1.165, 1.54) is 7.11 Å². The van der Waals surface area contributed by atoms with Crippen molar-refractivity contribution in [2.75, 3.05) is 13.7 Å². The number of aliphatic hydroxyl groups is 1. The Balaban J connectivity index is 2.63. The molecule has 0 saturated carbocycles. The standard InChI is InChI=1S/C9H16O5/c1-9(2)13-7(4-10)8(14-9)6(11)5-12-3/h4,6-8,11H,5H2,1-3H3/t6-,7+,8-/m1/s1. The van der Waals surface area contributed by atoms with Crippen molar-refractivity contribution >= 4 is 6.29 Å². The van der Waals surface area contributed by atoms with E-state index in [1.807, 2.05) is 0 Å². The molecule has 5 heteroatoms. The van der Waals surface area contributed by atoms with Crippen LogP contribution in [0.25, 0.3) is 0 Å². The maximum atomic E-state index is 10.7. The van der Waals surface area contributed by atoms with Crippen LogP contribution in [-0.4, -0.2) is 49.2 Å². The first-order chi connectivity index (χ1) is 6.50. The van der Waals surface area contributed by atoms with Crippen molar-refractivity contribution < 1.29 is 24.1 Å². The van der Waals surface area contributed by atoms with Crippen LogP contribution in [0.2, 0.25) is 0 Å². The summed E-state index contributed by atoms with van der Waals surface area (Å²) in [5, 5.41) is 9.59. The van der Waals surface area contributed by atoms with Crippen LogP contribution in [0.3, 0.4) is 0 Å². The average Bonchev–Trinajstić information content (AvgIpc) is 2.41. The summed E-state index contributed by atoms with van der Waals surface area (Å²) < 4.78 is 15.4. The molecule has 5 nitrogen and oxygen atoms in total. The van der Waals surface area contributed by atoms with E-state index < -0.39 is 24.1 Å². The van der Waals surface area contributed by atoms with Crippen molar-refractivity contribution in [3.05, 3.63) is 0 Å². The minimum absolute atomic E-state index is 0.119. The van der Waals surface area contributed by atoms with Crippen LogP contribution in [-0.2, 0) is 19.0 Å². The van der Waals surface area contributed by atoms with Crippen molar-refractivity contribution in [3.63, 3.8) is 0 Å². The minimum atomic E-state index is -0.850. The lowest BCUT2D eigenvalue weighted by Gasteiger charge is -2.20. The molecule has 3 atom stereocenters. The third-order valence-electron chi connectivity index (χ3n) is 2.01. The Bertz CT molecular complexity index is 203. The predicted octanol–water partition coefficient (Wildman–Crippen LogP) is -0.287. The Kier molecular flexibility index (Phi) is 3.60. The summed E-state index contributed by atoms with van der Waals surface area (Å²) in [4.78, 5) is 10.7. The maximum absolute atomic E-state index is 10.7. The summed E-state index contributed by atoms with van der Waals surface area (Å²) in [6.07, 6.45) is -1.59. The van der Waals surface area contributed by atoms with Gasteiger partial charge in [0.2, 0.25) is 0 Å². The van der Waals surface area contributed by atoms with Gasteiger partial charge in [-0.15, -0.1) is 0 Å². The van der Waals surface area contributed by atoms with Crippen LogP contribution in [0, 0.1) is 0 Å². The average molecular weight is 204 g/mol. The number of carbonyl (C=O) groups is 1. The highest BCUT2D eigenvalue weighted by atomic mass is 16.8. The van der Waals surface area contributed by atoms with Gasteiger partial charge in [0.1, 0.15) is 18.3 Å². The van der Waals surface area contributed by atoms with Gasteiger partial charge in [-0.25, -0.2) is 0 Å². The van der Waals surface area contributed by atoms with Crippen molar-refractivity contribution in [2.45, 2.75) is 37.9 Å². The van der Waals surface area contributed by atoms with Gasteiger partial charge >= 0.3 is 0 Å². The lowest BCUT2D eigenvalue weighted by Crippen LogP contribution is -2.38. The number of hydrogen-bond acceptors (Lipinski definition) is 5. The van der Waals surface area contributed by atoms with Crippen LogP contribution in [0.4, 0.5) is 0 Å². The van der Waals surface area contributed by atoms with Gasteiger partial charge in [0.15, 0.2) is 12.1 Å². The van der Waals surface area contributed by atoms with Crippen LogP contribution in [0.5, 0.6) is 0 Å². The van der Waals surface area contributed by atoms with Gasteiger partial charge in [0.05, 0.1) is 6.61 Å². The second-order valence-corrected chi connectivity index (χ2v) is 3.72. The summed E-state index contributed by atoms with van der Waals surface area (Å²) in [6, 6.07) is 0. The highest BCUT2D eigenvalue weighted by Gasteiger charge is 2.44. The highest BCUT2D eigenvalue weighted by molar-refractivity contribution is 5.58. The second kappa shape index (κ2) is 4.35. The molecule has 0 aromatic rings. The van der Waals surface area contributed by atoms with Crippen molar-refractivity contribution in [1.29, 1.82) is 0 Å². The molecule has 0 bridgehead atoms. The largest absolute Gasteiger partial charge is 0.388 e. The van der Waals surface area contributed by atoms with Crippen LogP contribution in [0.15, 0.2) is 0 Å². The number of aldehydes is 1. The molecule has 82 valence electrons. The molecule has 0 unspecified atom stereocenters. The van der Waals surface area contributed by atoms with E-state index in [9.17, 15) is 9.90 Å². The molecule has 1 saturated heterocycles. The van der Waals surface area contributed by atoms with Gasteiger partial charge < -0.3 is 24.1 Å². The van der Waals surface area contributed by atoms with Gasteiger partial charge in [-0.2, -0.15) is 0 Å². The number of ether oxygens (including phenoxy) is 3. The van der Waals surface area contributed by atoms with Gasteiger partial charge in [0, 0.05) is 7.11 Å². The monoisotopic (exact) mass is 204 g/mol. The first-order valence-electron chi connectivity index (χ1n) is 4.48. The van der Waals surface area contributed by atoms with Gasteiger partial charge in [-0.3, -0.25) is 0 Å². The Labute approximate surface area is 82.9 Å². The normalized spacial score (nSPS) is 32.9. The first-order valence-corrected chi connectivity index (χ1v) is 4.48. The molecule has 0 aliphatic carbocycles. The fourth-order valence-corrected chi connectivity index (χ4v) is 1.49. The zero-order valence-electron chi connectivity index (χ0n) is 8.60. The van der Waals surface area contributed by atoms with Gasteiger partial charge in [-0.05, 0) is 13.8 Å². The van der Waals surface area contributed by atoms with E-state index in [1.54, 1.807) is 13.8 Å². The third kappa shape index (κ3) is 2.51. The Morgan fingerprint density at radius 1 is 1.57 bits per heavy atom. The van der Waals surface area contributed by atoms with Gasteiger partial charge in [-0.1, -0.05) is 0 Å². The van der Waals surface area contributed by atoms with E-state index in [2.05, 4.69) is 0 Å². The Morgan fingerprint density at radius 3 is 2.71 bits per heavy atom. The quantitative estimate of drug-likeness (QED) is 0.638. The first kappa shape index (κ1) is 11.6. The summed E-state index contributed by atoms with van der Waals surface area (Å²) in [6.45, 7) is 3.51. The lowest BCUT2D eigenvalue weighted by molar-refractivity contribution is -0.159. The van der Waals surface area contributed by atoms with E-state index in [0.29, 0.717) is 6.29 Å². The number of aliphatic hydroxyl groups excluding tert-OH is 1. The summed E-state index contributed by atoms with van der Waals surface area (Å²) in [5.41, 5.74) is 0. The third-order valence-corrected chi connectivity index (χ3v) is 2.01. The molecule has 1 aliphatic heterocycles. The van der Waals surface area contributed by atoms with Crippen molar-refractivity contribution in [1.82, 2.24) is 0 Å². The van der Waals surface area contributed by atoms with E-state index in [-0.39, 0.29) is 6.61 Å². The summed E-state index contributed by atoms with van der Waals surface area (Å²) in [5.74, 6) is -0.828. The van der Waals surface area contributed by atoms with E-state index in [4.69, 9.17) is 14.2 Å². The molecule has 0 aromatic heterocycles. The fraction of sp³-hybridized carbons (Fsp3) is 0.889. The van der Waals surface area contributed by atoms with Gasteiger partial charge in [0.25, 0.3) is 0 Å². The molecular formula is C9H16O5. The molecule has 1 N–H and O–H groups in total. The molecule has 1 heterocycles. The predicted molar refractivity (Wildman–Crippen MR) is 47.8 cm³/mol. The zero-order valence-corrected chi connectivity index (χ0v) is 8.60. The lowest BCUT2D eigenvalue weighted by atomic mass is 10.1. The van der Waals surface area contributed by atoms with Crippen LogP contribution < -0.4 is 0 Å². The van der Waals surface area contributed by atoms with E-state index in [0.717, 1.165) is 0 Å². The smallest absolute Gasteiger partial charge is 0.164 e. The number of methoxy groups -OCH3 is 1. The molecule has 14 heavy (non-hydrogen) atoms. The molecule has 0 spiro atoms. The SMILES string of the molecule is COC[C@@H](O)[C@H]1OC(C)(C)O[C@H]1C=O. The van der Waals surface area contributed by atoms with E-state index >= 15 is 0 Å². The van der Waals surface area contributed by atoms with Crippen molar-refractivity contribution in [3.8, 4) is 0 Å². The molecule has 1 fully saturated rings. The van der Waals surface area contributed by atoms with Crippen molar-refractivity contribution in [2.24, 2.45) is 0 Å². The number of hydrogen-bond donors (Lipinski definition) is 1.